The number of nitrogens with zero attached hydrogens (tertiary/aromatic N) is 3. The average molecular weight is 418 g/mol. The summed E-state index contributed by atoms with van der Waals surface area (Å²) in [5.41, 5.74) is 11.0. The zero-order chi connectivity index (χ0) is 21.6. The van der Waals surface area contributed by atoms with Crippen molar-refractivity contribution in [2.45, 2.75) is 50.7 Å². The molecule has 4 rings (SSSR count). The van der Waals surface area contributed by atoms with Crippen molar-refractivity contribution in [2.24, 2.45) is 10.7 Å². The standard InChI is InChI=1S/C25H31N5O/c1-18(29-23-6-3-19(4-7-23)20-10-12-27-13-11-20)9-14-28-25(26)30-16-21-5-8-24(31-2)15-22(21)17-30/h5,8-15,19,23,29H,1,3-4,6-7,16-17H2,2H3,(H2,26,28)/b14-9-. The lowest BCUT2D eigenvalue weighted by molar-refractivity contribution is 0.363. The number of guanidine groups is 1. The Hall–Kier alpha value is -3.28. The summed E-state index contributed by atoms with van der Waals surface area (Å²) in [4.78, 5) is 10.6. The first-order chi connectivity index (χ1) is 15.1. The third kappa shape index (κ3) is 5.26. The minimum atomic E-state index is 0.458. The number of ether oxygens (including phenoxy) is 1. The molecule has 1 saturated carbocycles. The number of methoxy groups -OCH3 is 1. The molecule has 0 radical (unpaired) electrons. The second kappa shape index (κ2) is 9.69. The molecule has 0 saturated heterocycles. The van der Waals surface area contributed by atoms with Crippen molar-refractivity contribution in [2.75, 3.05) is 7.11 Å². The number of hydrogen-bond acceptors (Lipinski definition) is 4. The lowest BCUT2D eigenvalue weighted by Crippen LogP contribution is -2.32. The van der Waals surface area contributed by atoms with Crippen LogP contribution in [-0.4, -0.2) is 29.0 Å². The normalized spacial score (nSPS) is 21.2. The number of rotatable bonds is 6. The first-order valence-corrected chi connectivity index (χ1v) is 10.9. The van der Waals surface area contributed by atoms with Crippen molar-refractivity contribution in [3.8, 4) is 5.75 Å². The van der Waals surface area contributed by atoms with E-state index in [1.54, 1.807) is 13.3 Å². The van der Waals surface area contributed by atoms with E-state index in [1.165, 1.54) is 29.5 Å². The molecule has 1 aliphatic carbocycles. The summed E-state index contributed by atoms with van der Waals surface area (Å²) in [6.07, 6.45) is 12.0. The zero-order valence-electron chi connectivity index (χ0n) is 18.1. The Morgan fingerprint density at radius 1 is 1.16 bits per heavy atom. The molecular weight excluding hydrogens is 386 g/mol. The molecule has 0 atom stereocenters. The van der Waals surface area contributed by atoms with Crippen LogP contribution in [0.25, 0.3) is 0 Å². The van der Waals surface area contributed by atoms with Gasteiger partial charge in [0.15, 0.2) is 5.96 Å². The van der Waals surface area contributed by atoms with Gasteiger partial charge in [0.25, 0.3) is 0 Å². The van der Waals surface area contributed by atoms with E-state index in [1.807, 2.05) is 24.5 Å². The van der Waals surface area contributed by atoms with Gasteiger partial charge in [-0.25, -0.2) is 4.99 Å². The van der Waals surface area contributed by atoms with Gasteiger partial charge in [-0.05, 0) is 78.6 Å². The van der Waals surface area contributed by atoms with Crippen LogP contribution >= 0.6 is 0 Å². The van der Waals surface area contributed by atoms with Gasteiger partial charge < -0.3 is 20.7 Å². The fraction of sp³-hybridized carbons (Fsp3) is 0.360. The van der Waals surface area contributed by atoms with Crippen LogP contribution in [0, 0.1) is 0 Å². The number of allylic oxidation sites excluding steroid dienone is 1. The number of aliphatic imine (C=N–C) groups is 1. The maximum atomic E-state index is 6.21. The molecule has 3 N–H and O–H groups in total. The molecular formula is C25H31N5O. The van der Waals surface area contributed by atoms with Crippen LogP contribution in [0.15, 0.2) is 72.3 Å². The minimum absolute atomic E-state index is 0.458. The average Bonchev–Trinajstić information content (AvgIpc) is 3.23. The summed E-state index contributed by atoms with van der Waals surface area (Å²) < 4.78 is 5.31. The molecule has 6 nitrogen and oxygen atoms in total. The Labute approximate surface area is 184 Å². The van der Waals surface area contributed by atoms with Crippen LogP contribution in [0.1, 0.15) is 48.3 Å². The van der Waals surface area contributed by atoms with Gasteiger partial charge in [-0.1, -0.05) is 12.6 Å². The molecule has 0 amide bonds. The fourth-order valence-electron chi connectivity index (χ4n) is 4.46. The fourth-order valence-corrected chi connectivity index (χ4v) is 4.46. The molecule has 2 heterocycles. The first-order valence-electron chi connectivity index (χ1n) is 10.9. The van der Waals surface area contributed by atoms with E-state index in [2.05, 4.69) is 51.0 Å². The molecule has 2 aliphatic rings. The SMILES string of the molecule is C=C(/C=C\N=C(N)N1Cc2ccc(OC)cc2C1)NC1CCC(c2ccncc2)CC1. The van der Waals surface area contributed by atoms with Gasteiger partial charge in [-0.15, -0.1) is 0 Å². The van der Waals surface area contributed by atoms with E-state index < -0.39 is 0 Å². The third-order valence-electron chi connectivity index (χ3n) is 6.24. The van der Waals surface area contributed by atoms with E-state index in [4.69, 9.17) is 10.5 Å². The van der Waals surface area contributed by atoms with Crippen molar-refractivity contribution in [3.05, 3.63) is 84.0 Å². The van der Waals surface area contributed by atoms with Crippen molar-refractivity contribution in [3.63, 3.8) is 0 Å². The van der Waals surface area contributed by atoms with Crippen LogP contribution in [0.2, 0.25) is 0 Å². The quantitative estimate of drug-likeness (QED) is 0.421. The van der Waals surface area contributed by atoms with Crippen LogP contribution < -0.4 is 15.8 Å². The number of aromatic nitrogens is 1. The van der Waals surface area contributed by atoms with Crippen molar-refractivity contribution in [1.29, 1.82) is 0 Å². The Kier molecular flexibility index (Phi) is 6.55. The lowest BCUT2D eigenvalue weighted by Gasteiger charge is -2.30. The van der Waals surface area contributed by atoms with Crippen molar-refractivity contribution >= 4 is 5.96 Å². The molecule has 0 spiro atoms. The highest BCUT2D eigenvalue weighted by atomic mass is 16.5. The van der Waals surface area contributed by atoms with Gasteiger partial charge >= 0.3 is 0 Å². The maximum absolute atomic E-state index is 6.21. The summed E-state index contributed by atoms with van der Waals surface area (Å²) in [7, 11) is 1.68. The van der Waals surface area contributed by atoms with E-state index >= 15 is 0 Å². The van der Waals surface area contributed by atoms with Crippen LogP contribution in [0.3, 0.4) is 0 Å². The minimum Gasteiger partial charge on any atom is -0.497 e. The number of pyridine rings is 1. The van der Waals surface area contributed by atoms with Crippen molar-refractivity contribution < 1.29 is 4.74 Å². The molecule has 1 aliphatic heterocycles. The molecule has 0 unspecified atom stereocenters. The third-order valence-corrected chi connectivity index (χ3v) is 6.24. The second-order valence-corrected chi connectivity index (χ2v) is 8.29. The monoisotopic (exact) mass is 417 g/mol. The number of nitrogens with two attached hydrogens (primary N) is 1. The van der Waals surface area contributed by atoms with Gasteiger partial charge in [0.05, 0.1) is 7.11 Å². The van der Waals surface area contributed by atoms with Gasteiger partial charge in [-0.3, -0.25) is 4.98 Å². The Morgan fingerprint density at radius 2 is 1.90 bits per heavy atom. The largest absolute Gasteiger partial charge is 0.497 e. The Balaban J connectivity index is 1.24. The van der Waals surface area contributed by atoms with E-state index in [9.17, 15) is 0 Å². The topological polar surface area (TPSA) is 75.8 Å². The molecule has 1 aromatic carbocycles. The molecule has 2 aromatic rings. The highest BCUT2D eigenvalue weighted by Gasteiger charge is 2.22. The van der Waals surface area contributed by atoms with Gasteiger partial charge in [0, 0.05) is 43.4 Å². The second-order valence-electron chi connectivity index (χ2n) is 8.29. The number of nitrogens with one attached hydrogen (secondary N) is 1. The molecule has 162 valence electrons. The molecule has 1 aromatic heterocycles. The summed E-state index contributed by atoms with van der Waals surface area (Å²) >= 11 is 0. The number of benzene rings is 1. The maximum Gasteiger partial charge on any atom is 0.196 e. The molecule has 1 fully saturated rings. The van der Waals surface area contributed by atoms with E-state index in [0.717, 1.165) is 37.4 Å². The summed E-state index contributed by atoms with van der Waals surface area (Å²) in [5, 5.41) is 3.53. The van der Waals surface area contributed by atoms with Gasteiger partial charge in [0.2, 0.25) is 0 Å². The first kappa shape index (κ1) is 21.0. The summed E-state index contributed by atoms with van der Waals surface area (Å²) in [5.74, 6) is 2.02. The number of hydrogen-bond donors (Lipinski definition) is 2. The zero-order valence-corrected chi connectivity index (χ0v) is 18.1. The lowest BCUT2D eigenvalue weighted by atomic mass is 9.82. The van der Waals surface area contributed by atoms with E-state index in [-0.39, 0.29) is 0 Å². The Bertz CT molecular complexity index is 961. The van der Waals surface area contributed by atoms with Crippen LogP contribution in [0.4, 0.5) is 0 Å². The highest BCUT2D eigenvalue weighted by molar-refractivity contribution is 5.79. The summed E-state index contributed by atoms with van der Waals surface area (Å²) in [6, 6.07) is 10.9. The predicted octanol–water partition coefficient (Wildman–Crippen LogP) is 4.06. The molecule has 0 bridgehead atoms. The van der Waals surface area contributed by atoms with Crippen LogP contribution in [0.5, 0.6) is 5.75 Å². The smallest absolute Gasteiger partial charge is 0.196 e. The van der Waals surface area contributed by atoms with Gasteiger partial charge in [-0.2, -0.15) is 0 Å². The van der Waals surface area contributed by atoms with Crippen LogP contribution in [-0.2, 0) is 13.1 Å². The van der Waals surface area contributed by atoms with Crippen molar-refractivity contribution in [1.82, 2.24) is 15.2 Å². The Morgan fingerprint density at radius 3 is 2.65 bits per heavy atom. The summed E-state index contributed by atoms with van der Waals surface area (Å²) in [6.45, 7) is 5.64. The highest BCUT2D eigenvalue weighted by Crippen LogP contribution is 2.32. The van der Waals surface area contributed by atoms with E-state index in [0.29, 0.717) is 17.9 Å². The predicted molar refractivity (Wildman–Crippen MR) is 125 cm³/mol. The number of fused-ring (bicyclic) bond motifs is 1. The van der Waals surface area contributed by atoms with Gasteiger partial charge in [0.1, 0.15) is 5.75 Å². The molecule has 6 heteroatoms. The molecule has 31 heavy (non-hydrogen) atoms.